The number of hydrogen-bond donors (Lipinski definition) is 3. The van der Waals surface area contributed by atoms with Crippen LogP contribution in [0.4, 0.5) is 0 Å². The van der Waals surface area contributed by atoms with Crippen LogP contribution in [-0.2, 0) is 4.79 Å². The summed E-state index contributed by atoms with van der Waals surface area (Å²) in [6, 6.07) is 0. The summed E-state index contributed by atoms with van der Waals surface area (Å²) in [6.07, 6.45) is 0. The molecule has 1 unspecified atom stereocenters. The lowest BCUT2D eigenvalue weighted by atomic mass is 10.4. The van der Waals surface area contributed by atoms with Crippen molar-refractivity contribution in [3.8, 4) is 0 Å². The molecule has 5 heteroatoms. The van der Waals surface area contributed by atoms with Crippen molar-refractivity contribution in [1.29, 1.82) is 0 Å². The summed E-state index contributed by atoms with van der Waals surface area (Å²) in [5.74, 6) is -0.953. The molecule has 3 nitrogen and oxygen atoms in total. The van der Waals surface area contributed by atoms with Crippen molar-refractivity contribution in [3.63, 3.8) is 0 Å². The van der Waals surface area contributed by atoms with Gasteiger partial charge in [-0.05, 0) is 0 Å². The Morgan fingerprint density at radius 3 is 2.43 bits per heavy atom. The standard InChI is InChI=1S/C2H6BNO2S/c3-4-1(7)2(5)6/h1,4,7H,3H2,(H,5,6). The number of carboxylic acid groups (broad SMARTS) is 1. The second-order valence-electron chi connectivity index (χ2n) is 1.03. The molecule has 0 saturated carbocycles. The summed E-state index contributed by atoms with van der Waals surface area (Å²) in [6.45, 7) is 0. The molecule has 0 spiro atoms. The third-order valence-corrected chi connectivity index (χ3v) is 0.986. The highest BCUT2D eigenvalue weighted by atomic mass is 32.1. The van der Waals surface area contributed by atoms with Crippen LogP contribution in [0.25, 0.3) is 0 Å². The summed E-state index contributed by atoms with van der Waals surface area (Å²) >= 11 is 3.61. The lowest BCUT2D eigenvalue weighted by Crippen LogP contribution is -2.28. The lowest BCUT2D eigenvalue weighted by Gasteiger charge is -1.98. The van der Waals surface area contributed by atoms with Crippen molar-refractivity contribution < 1.29 is 9.90 Å². The Balaban J connectivity index is 3.34. The van der Waals surface area contributed by atoms with Gasteiger partial charge in [0.25, 0.3) is 0 Å². The molecule has 2 N–H and O–H groups in total. The summed E-state index contributed by atoms with van der Waals surface area (Å²) in [5, 5.41) is 9.74. The van der Waals surface area contributed by atoms with Crippen molar-refractivity contribution in [1.82, 2.24) is 5.23 Å². The van der Waals surface area contributed by atoms with E-state index in [1.807, 2.05) is 0 Å². The Hall–Kier alpha value is -0.155. The molecule has 0 radical (unpaired) electrons. The first-order chi connectivity index (χ1) is 3.18. The van der Waals surface area contributed by atoms with Gasteiger partial charge in [0.1, 0.15) is 5.37 Å². The van der Waals surface area contributed by atoms with Gasteiger partial charge in [-0.3, -0.25) is 0 Å². The highest BCUT2D eigenvalue weighted by molar-refractivity contribution is 7.81. The number of rotatable bonds is 2. The van der Waals surface area contributed by atoms with Crippen LogP contribution < -0.4 is 5.23 Å². The van der Waals surface area contributed by atoms with Gasteiger partial charge in [0.05, 0.1) is 0 Å². The molecule has 0 rings (SSSR count). The van der Waals surface area contributed by atoms with Gasteiger partial charge in [0, 0.05) is 0 Å². The molecule has 1 atom stereocenters. The molecule has 0 aromatic rings. The minimum Gasteiger partial charge on any atom is -0.479 e. The predicted octanol–water partition coefficient (Wildman–Crippen LogP) is -1.54. The maximum atomic E-state index is 9.79. The van der Waals surface area contributed by atoms with E-state index < -0.39 is 11.3 Å². The van der Waals surface area contributed by atoms with E-state index in [0.29, 0.717) is 0 Å². The Morgan fingerprint density at radius 2 is 2.43 bits per heavy atom. The Labute approximate surface area is 47.9 Å². The van der Waals surface area contributed by atoms with Gasteiger partial charge in [0.2, 0.25) is 0 Å². The first kappa shape index (κ1) is 6.84. The van der Waals surface area contributed by atoms with Crippen molar-refractivity contribution >= 4 is 26.6 Å². The molecule has 0 saturated heterocycles. The lowest BCUT2D eigenvalue weighted by molar-refractivity contribution is -0.136. The van der Waals surface area contributed by atoms with E-state index >= 15 is 0 Å². The molecular weight excluding hydrogens is 113 g/mol. The van der Waals surface area contributed by atoms with Crippen LogP contribution >= 0.6 is 12.6 Å². The van der Waals surface area contributed by atoms with Crippen molar-refractivity contribution in [3.05, 3.63) is 0 Å². The fraction of sp³-hybridized carbons (Fsp3) is 0.500. The van der Waals surface area contributed by atoms with Crippen LogP contribution in [0.2, 0.25) is 0 Å². The van der Waals surface area contributed by atoms with Gasteiger partial charge in [-0.15, -0.1) is 12.6 Å². The maximum Gasteiger partial charge on any atom is 0.329 e. The van der Waals surface area contributed by atoms with Gasteiger partial charge in [-0.25, -0.2) is 4.79 Å². The van der Waals surface area contributed by atoms with Crippen molar-refractivity contribution in [2.45, 2.75) is 5.37 Å². The topological polar surface area (TPSA) is 49.3 Å². The zero-order chi connectivity index (χ0) is 5.86. The average Bonchev–Trinajstić information content (AvgIpc) is 1.65. The third-order valence-electron chi connectivity index (χ3n) is 0.507. The molecule has 0 bridgehead atoms. The normalized spacial score (nSPS) is 13.3. The summed E-state index contributed by atoms with van der Waals surface area (Å²) in [7, 11) is 1.53. The van der Waals surface area contributed by atoms with Gasteiger partial charge < -0.3 is 10.3 Å². The molecule has 7 heavy (non-hydrogen) atoms. The summed E-state index contributed by atoms with van der Waals surface area (Å²) in [4.78, 5) is 9.79. The zero-order valence-corrected chi connectivity index (χ0v) is 4.77. The number of carbonyl (C=O) groups is 1. The largest absolute Gasteiger partial charge is 0.479 e. The molecular formula is C2H6BNO2S. The number of thiol groups is 1. The van der Waals surface area contributed by atoms with E-state index in [-0.39, 0.29) is 0 Å². The zero-order valence-electron chi connectivity index (χ0n) is 3.88. The first-order valence-corrected chi connectivity index (χ1v) is 2.28. The Bertz CT molecular complexity index is 78.1. The van der Waals surface area contributed by atoms with Crippen molar-refractivity contribution in [2.75, 3.05) is 0 Å². The Kier molecular flexibility index (Phi) is 2.86. The van der Waals surface area contributed by atoms with Gasteiger partial charge >= 0.3 is 5.97 Å². The van der Waals surface area contributed by atoms with Gasteiger partial charge in [0.15, 0.2) is 7.98 Å². The Morgan fingerprint density at radius 1 is 2.00 bits per heavy atom. The highest BCUT2D eigenvalue weighted by Gasteiger charge is 2.05. The van der Waals surface area contributed by atoms with Crippen LogP contribution in [0.5, 0.6) is 0 Å². The molecule has 0 aromatic heterocycles. The molecule has 0 aliphatic heterocycles. The SMILES string of the molecule is BNC(S)C(=O)O. The van der Waals surface area contributed by atoms with E-state index in [1.54, 1.807) is 0 Å². The van der Waals surface area contributed by atoms with Crippen LogP contribution in [0, 0.1) is 0 Å². The van der Waals surface area contributed by atoms with E-state index in [1.165, 1.54) is 7.98 Å². The molecule has 40 valence electrons. The monoisotopic (exact) mass is 119 g/mol. The number of aliphatic carboxylic acids is 1. The van der Waals surface area contributed by atoms with Gasteiger partial charge in [-0.1, -0.05) is 0 Å². The minimum absolute atomic E-state index is 0.736. The molecule has 0 aliphatic carbocycles. The minimum atomic E-state index is -0.953. The summed E-state index contributed by atoms with van der Waals surface area (Å²) < 4.78 is 0. The van der Waals surface area contributed by atoms with Crippen LogP contribution in [0.15, 0.2) is 0 Å². The first-order valence-electron chi connectivity index (χ1n) is 1.76. The molecule has 0 aromatic carbocycles. The number of carboxylic acids is 1. The molecule has 0 amide bonds. The quantitative estimate of drug-likeness (QED) is 0.234. The second-order valence-corrected chi connectivity index (χ2v) is 1.55. The van der Waals surface area contributed by atoms with Crippen LogP contribution in [-0.4, -0.2) is 24.4 Å². The molecule has 0 fully saturated rings. The third kappa shape index (κ3) is 2.53. The average molecular weight is 119 g/mol. The fourth-order valence-corrected chi connectivity index (χ4v) is 0.123. The van der Waals surface area contributed by atoms with Crippen LogP contribution in [0.3, 0.4) is 0 Å². The highest BCUT2D eigenvalue weighted by Crippen LogP contribution is 1.84. The second kappa shape index (κ2) is 2.93. The van der Waals surface area contributed by atoms with E-state index in [0.717, 1.165) is 0 Å². The smallest absolute Gasteiger partial charge is 0.329 e. The van der Waals surface area contributed by atoms with E-state index in [4.69, 9.17) is 5.11 Å². The summed E-state index contributed by atoms with van der Waals surface area (Å²) in [5.41, 5.74) is 0. The number of hydrogen-bond acceptors (Lipinski definition) is 3. The fourth-order valence-electron chi connectivity index (χ4n) is 0.123. The van der Waals surface area contributed by atoms with E-state index in [9.17, 15) is 4.79 Å². The van der Waals surface area contributed by atoms with Crippen molar-refractivity contribution in [2.24, 2.45) is 0 Å². The molecule has 0 aliphatic rings. The molecule has 0 heterocycles. The van der Waals surface area contributed by atoms with E-state index in [2.05, 4.69) is 17.9 Å². The van der Waals surface area contributed by atoms with Gasteiger partial charge in [-0.2, -0.15) is 0 Å². The maximum absolute atomic E-state index is 9.79. The van der Waals surface area contributed by atoms with Crippen LogP contribution in [0.1, 0.15) is 0 Å². The number of nitrogens with one attached hydrogen (secondary N) is 1. The predicted molar refractivity (Wildman–Crippen MR) is 32.1 cm³/mol.